The fourth-order valence-corrected chi connectivity index (χ4v) is 2.51. The molecular formula is C10H8BrClO3. The first-order chi connectivity index (χ1) is 7.11. The van der Waals surface area contributed by atoms with Gasteiger partial charge in [0.15, 0.2) is 6.10 Å². The van der Waals surface area contributed by atoms with Crippen LogP contribution in [-0.4, -0.2) is 19.2 Å². The molecule has 1 heterocycles. The van der Waals surface area contributed by atoms with Gasteiger partial charge in [0.25, 0.3) is 0 Å². The number of esters is 1. The van der Waals surface area contributed by atoms with Gasteiger partial charge in [0.05, 0.1) is 11.6 Å². The highest BCUT2D eigenvalue weighted by Crippen LogP contribution is 2.38. The van der Waals surface area contributed by atoms with Crippen LogP contribution in [0, 0.1) is 0 Å². The minimum atomic E-state index is -0.556. The topological polar surface area (TPSA) is 35.5 Å². The molecule has 0 fully saturated rings. The molecule has 0 bridgehead atoms. The summed E-state index contributed by atoms with van der Waals surface area (Å²) in [7, 11) is 1.34. The summed E-state index contributed by atoms with van der Waals surface area (Å²) >= 11 is 9.22. The van der Waals surface area contributed by atoms with Crippen molar-refractivity contribution < 1.29 is 14.3 Å². The van der Waals surface area contributed by atoms with Crippen molar-refractivity contribution in [2.24, 2.45) is 0 Å². The maximum Gasteiger partial charge on any atom is 0.347 e. The van der Waals surface area contributed by atoms with Crippen LogP contribution in [0.3, 0.4) is 0 Å². The zero-order valence-electron chi connectivity index (χ0n) is 7.92. The first-order valence-electron chi connectivity index (χ1n) is 4.34. The Morgan fingerprint density at radius 2 is 2.40 bits per heavy atom. The van der Waals surface area contributed by atoms with E-state index >= 15 is 0 Å². The average Bonchev–Trinajstić information content (AvgIpc) is 2.60. The molecular weight excluding hydrogens is 283 g/mol. The second kappa shape index (κ2) is 4.02. The highest BCUT2D eigenvalue weighted by atomic mass is 79.9. The Hall–Kier alpha value is -0.740. The van der Waals surface area contributed by atoms with Gasteiger partial charge >= 0.3 is 5.97 Å². The zero-order chi connectivity index (χ0) is 11.0. The van der Waals surface area contributed by atoms with E-state index in [9.17, 15) is 4.79 Å². The molecule has 1 aromatic carbocycles. The summed E-state index contributed by atoms with van der Waals surface area (Å²) in [6, 6.07) is 3.53. The largest absolute Gasteiger partial charge is 0.477 e. The van der Waals surface area contributed by atoms with Crippen molar-refractivity contribution in [3.05, 3.63) is 27.2 Å². The standard InChI is InChI=1S/C10H8BrClO3/c1-14-10(13)8-3-5-2-6(12)4-7(11)9(5)15-8/h2,4,8H,3H2,1H3. The first-order valence-corrected chi connectivity index (χ1v) is 5.51. The van der Waals surface area contributed by atoms with Gasteiger partial charge in [-0.15, -0.1) is 0 Å². The molecule has 1 aliphatic heterocycles. The van der Waals surface area contributed by atoms with Gasteiger partial charge in [-0.1, -0.05) is 11.6 Å². The molecule has 80 valence electrons. The van der Waals surface area contributed by atoms with Crippen LogP contribution in [0.25, 0.3) is 0 Å². The zero-order valence-corrected chi connectivity index (χ0v) is 10.3. The van der Waals surface area contributed by atoms with Crippen LogP contribution in [0.15, 0.2) is 16.6 Å². The van der Waals surface area contributed by atoms with Crippen molar-refractivity contribution in [2.45, 2.75) is 12.5 Å². The Bertz CT molecular complexity index is 419. The van der Waals surface area contributed by atoms with E-state index in [4.69, 9.17) is 16.3 Å². The van der Waals surface area contributed by atoms with Gasteiger partial charge in [0.1, 0.15) is 5.75 Å². The van der Waals surface area contributed by atoms with Crippen LogP contribution in [0.4, 0.5) is 0 Å². The van der Waals surface area contributed by atoms with Crippen LogP contribution in [0.5, 0.6) is 5.75 Å². The molecule has 0 N–H and O–H groups in total. The number of fused-ring (bicyclic) bond motifs is 1. The number of rotatable bonds is 1. The lowest BCUT2D eigenvalue weighted by Gasteiger charge is -2.07. The molecule has 1 aromatic rings. The number of carbonyl (C=O) groups is 1. The number of hydrogen-bond donors (Lipinski definition) is 0. The monoisotopic (exact) mass is 290 g/mol. The normalized spacial score (nSPS) is 18.2. The Labute approximate surface area is 100 Å². The molecule has 0 amide bonds. The molecule has 3 nitrogen and oxygen atoms in total. The van der Waals surface area contributed by atoms with E-state index in [-0.39, 0.29) is 5.97 Å². The van der Waals surface area contributed by atoms with Crippen molar-refractivity contribution >= 4 is 33.5 Å². The Balaban J connectivity index is 2.31. The predicted octanol–water partition coefficient (Wildman–Crippen LogP) is 2.58. The molecule has 1 aliphatic rings. The van der Waals surface area contributed by atoms with E-state index in [1.165, 1.54) is 7.11 Å². The summed E-state index contributed by atoms with van der Waals surface area (Å²) < 4.78 is 10.8. The van der Waals surface area contributed by atoms with Crippen molar-refractivity contribution in [2.75, 3.05) is 7.11 Å². The average molecular weight is 292 g/mol. The Morgan fingerprint density at radius 3 is 3.07 bits per heavy atom. The second-order valence-corrected chi connectivity index (χ2v) is 4.50. The maximum absolute atomic E-state index is 11.3. The summed E-state index contributed by atoms with van der Waals surface area (Å²) in [5.74, 6) is 0.309. The van der Waals surface area contributed by atoms with Crippen LogP contribution in [0.1, 0.15) is 5.56 Å². The maximum atomic E-state index is 11.3. The van der Waals surface area contributed by atoms with E-state index in [2.05, 4.69) is 20.7 Å². The minimum absolute atomic E-state index is 0.366. The van der Waals surface area contributed by atoms with Crippen LogP contribution >= 0.6 is 27.5 Å². The number of halogens is 2. The van der Waals surface area contributed by atoms with E-state index in [1.807, 2.05) is 0 Å². The van der Waals surface area contributed by atoms with Gasteiger partial charge in [-0.2, -0.15) is 0 Å². The summed E-state index contributed by atoms with van der Waals surface area (Å²) in [4.78, 5) is 11.3. The highest BCUT2D eigenvalue weighted by molar-refractivity contribution is 9.10. The third-order valence-corrected chi connectivity index (χ3v) is 3.02. The third-order valence-electron chi connectivity index (χ3n) is 2.21. The van der Waals surface area contributed by atoms with Crippen molar-refractivity contribution in [1.82, 2.24) is 0 Å². The predicted molar refractivity (Wildman–Crippen MR) is 59.3 cm³/mol. The molecule has 0 saturated carbocycles. The van der Waals surface area contributed by atoms with E-state index < -0.39 is 6.10 Å². The molecule has 0 spiro atoms. The number of carbonyl (C=O) groups excluding carboxylic acids is 1. The van der Waals surface area contributed by atoms with E-state index in [0.29, 0.717) is 17.2 Å². The van der Waals surface area contributed by atoms with E-state index in [0.717, 1.165) is 10.0 Å². The Morgan fingerprint density at radius 1 is 1.67 bits per heavy atom. The number of hydrogen-bond acceptors (Lipinski definition) is 3. The summed E-state index contributed by atoms with van der Waals surface area (Å²) in [6.07, 6.45) is -0.0546. The number of methoxy groups -OCH3 is 1. The van der Waals surface area contributed by atoms with Gasteiger partial charge in [0, 0.05) is 17.0 Å². The molecule has 0 radical (unpaired) electrons. The molecule has 1 unspecified atom stereocenters. The fraction of sp³-hybridized carbons (Fsp3) is 0.300. The van der Waals surface area contributed by atoms with E-state index in [1.54, 1.807) is 12.1 Å². The minimum Gasteiger partial charge on any atom is -0.477 e. The molecule has 0 saturated heterocycles. The van der Waals surface area contributed by atoms with Crippen LogP contribution < -0.4 is 4.74 Å². The van der Waals surface area contributed by atoms with Crippen LogP contribution in [0.2, 0.25) is 5.02 Å². The van der Waals surface area contributed by atoms with Gasteiger partial charge in [-0.25, -0.2) is 4.79 Å². The first kappa shape index (κ1) is 10.8. The molecule has 2 rings (SSSR count). The summed E-state index contributed by atoms with van der Waals surface area (Å²) in [5.41, 5.74) is 0.921. The third kappa shape index (κ3) is 1.96. The van der Waals surface area contributed by atoms with Gasteiger partial charge < -0.3 is 9.47 Å². The number of ether oxygens (including phenoxy) is 2. The second-order valence-electron chi connectivity index (χ2n) is 3.21. The lowest BCUT2D eigenvalue weighted by atomic mass is 10.1. The lowest BCUT2D eigenvalue weighted by Crippen LogP contribution is -2.26. The molecule has 15 heavy (non-hydrogen) atoms. The smallest absolute Gasteiger partial charge is 0.347 e. The number of benzene rings is 1. The quantitative estimate of drug-likeness (QED) is 0.746. The molecule has 5 heteroatoms. The van der Waals surface area contributed by atoms with Crippen molar-refractivity contribution in [1.29, 1.82) is 0 Å². The highest BCUT2D eigenvalue weighted by Gasteiger charge is 2.31. The van der Waals surface area contributed by atoms with Crippen molar-refractivity contribution in [3.63, 3.8) is 0 Å². The van der Waals surface area contributed by atoms with Gasteiger partial charge in [0.2, 0.25) is 0 Å². The van der Waals surface area contributed by atoms with Gasteiger partial charge in [-0.05, 0) is 28.1 Å². The summed E-state index contributed by atoms with van der Waals surface area (Å²) in [5, 5.41) is 0.620. The fourth-order valence-electron chi connectivity index (χ4n) is 1.54. The van der Waals surface area contributed by atoms with Gasteiger partial charge in [-0.3, -0.25) is 0 Å². The lowest BCUT2D eigenvalue weighted by molar-refractivity contribution is -0.147. The summed E-state index contributed by atoms with van der Waals surface area (Å²) in [6.45, 7) is 0. The van der Waals surface area contributed by atoms with Crippen molar-refractivity contribution in [3.8, 4) is 5.75 Å². The molecule has 1 atom stereocenters. The molecule has 0 aromatic heterocycles. The molecule has 0 aliphatic carbocycles. The SMILES string of the molecule is COC(=O)C1Cc2cc(Cl)cc(Br)c2O1. The van der Waals surface area contributed by atoms with Crippen LogP contribution in [-0.2, 0) is 16.0 Å². The Kier molecular flexibility index (Phi) is 2.89.